The largest absolute Gasteiger partial charge is 0.346 e. The Labute approximate surface area is 182 Å². The number of hydrogen-bond donors (Lipinski definition) is 2. The molecule has 0 atom stereocenters. The summed E-state index contributed by atoms with van der Waals surface area (Å²) in [6.45, 7) is 5.68. The van der Waals surface area contributed by atoms with Crippen LogP contribution in [0.1, 0.15) is 43.2 Å². The minimum Gasteiger partial charge on any atom is -0.346 e. The van der Waals surface area contributed by atoms with Crippen LogP contribution in [-0.4, -0.2) is 25.8 Å². The van der Waals surface area contributed by atoms with E-state index in [-0.39, 0.29) is 5.91 Å². The van der Waals surface area contributed by atoms with Gasteiger partial charge in [-0.15, -0.1) is 0 Å². The molecular formula is C25H27N5O. The number of aromatic amines is 1. The van der Waals surface area contributed by atoms with Crippen LogP contribution in [0.3, 0.4) is 0 Å². The summed E-state index contributed by atoms with van der Waals surface area (Å²) in [5, 5.41) is 4.10. The molecule has 0 aromatic carbocycles. The Morgan fingerprint density at radius 1 is 0.968 bits per heavy atom. The van der Waals surface area contributed by atoms with Crippen molar-refractivity contribution >= 4 is 22.8 Å². The van der Waals surface area contributed by atoms with Gasteiger partial charge < -0.3 is 10.3 Å². The van der Waals surface area contributed by atoms with Crippen molar-refractivity contribution in [1.29, 1.82) is 0 Å². The highest BCUT2D eigenvalue weighted by atomic mass is 16.2. The second-order valence-electron chi connectivity index (χ2n) is 8.76. The molecule has 0 spiro atoms. The molecule has 0 aliphatic heterocycles. The standard InChI is InChI=1S/C25H27N5O/c1-25(2,3)24(31)30-22-18(6-4-12-26-22)9-11-20-10-8-17(15-28-20)14-19-16-29-23-21(19)7-5-13-27-23/h4-8,10,12-13,15-16H,9,11,14H2,1-3H3,(H,27,29)(H,26,30,31). The van der Waals surface area contributed by atoms with Crippen LogP contribution in [0, 0.1) is 5.41 Å². The van der Waals surface area contributed by atoms with Crippen molar-refractivity contribution < 1.29 is 4.79 Å². The van der Waals surface area contributed by atoms with Crippen LogP contribution in [0.15, 0.2) is 61.2 Å². The summed E-state index contributed by atoms with van der Waals surface area (Å²) < 4.78 is 0. The van der Waals surface area contributed by atoms with Gasteiger partial charge in [0.2, 0.25) is 5.91 Å². The van der Waals surface area contributed by atoms with E-state index in [0.29, 0.717) is 5.82 Å². The first-order valence-electron chi connectivity index (χ1n) is 10.5. The molecule has 2 N–H and O–H groups in total. The second kappa shape index (κ2) is 8.68. The number of carbonyl (C=O) groups is 1. The molecule has 6 nitrogen and oxygen atoms in total. The van der Waals surface area contributed by atoms with Crippen molar-refractivity contribution in [2.75, 3.05) is 5.32 Å². The Hall–Kier alpha value is -3.54. The van der Waals surface area contributed by atoms with E-state index in [1.54, 1.807) is 12.4 Å². The molecule has 4 rings (SSSR count). The van der Waals surface area contributed by atoms with Crippen LogP contribution in [0.2, 0.25) is 0 Å². The maximum Gasteiger partial charge on any atom is 0.230 e. The molecule has 0 bridgehead atoms. The molecule has 0 unspecified atom stereocenters. The lowest BCUT2D eigenvalue weighted by molar-refractivity contribution is -0.123. The number of nitrogens with zero attached hydrogens (tertiary/aromatic N) is 3. The number of H-pyrrole nitrogens is 1. The number of aromatic nitrogens is 4. The van der Waals surface area contributed by atoms with Gasteiger partial charge in [-0.1, -0.05) is 32.9 Å². The predicted molar refractivity (Wildman–Crippen MR) is 123 cm³/mol. The third kappa shape index (κ3) is 4.97. The first-order valence-corrected chi connectivity index (χ1v) is 10.5. The van der Waals surface area contributed by atoms with Gasteiger partial charge in [0.05, 0.1) is 0 Å². The van der Waals surface area contributed by atoms with Gasteiger partial charge in [0.1, 0.15) is 11.5 Å². The zero-order valence-electron chi connectivity index (χ0n) is 18.1. The fourth-order valence-corrected chi connectivity index (χ4v) is 3.40. The minimum atomic E-state index is -0.465. The van der Waals surface area contributed by atoms with Crippen molar-refractivity contribution in [3.05, 3.63) is 83.6 Å². The molecule has 158 valence electrons. The maximum absolute atomic E-state index is 12.3. The van der Waals surface area contributed by atoms with Crippen LogP contribution in [0.25, 0.3) is 11.0 Å². The van der Waals surface area contributed by atoms with Crippen LogP contribution in [-0.2, 0) is 24.1 Å². The average Bonchev–Trinajstić information content (AvgIpc) is 3.16. The highest BCUT2D eigenvalue weighted by Crippen LogP contribution is 2.21. The van der Waals surface area contributed by atoms with E-state index in [0.717, 1.165) is 47.1 Å². The lowest BCUT2D eigenvalue weighted by Crippen LogP contribution is -2.28. The van der Waals surface area contributed by atoms with Crippen molar-refractivity contribution in [2.24, 2.45) is 5.41 Å². The number of hydrogen-bond acceptors (Lipinski definition) is 4. The number of pyridine rings is 3. The number of anilines is 1. The molecule has 31 heavy (non-hydrogen) atoms. The second-order valence-corrected chi connectivity index (χ2v) is 8.76. The number of rotatable bonds is 6. The number of amides is 1. The Balaban J connectivity index is 1.41. The molecule has 0 saturated carbocycles. The minimum absolute atomic E-state index is 0.0394. The number of fused-ring (bicyclic) bond motifs is 1. The van der Waals surface area contributed by atoms with E-state index in [4.69, 9.17) is 0 Å². The first kappa shape index (κ1) is 20.7. The van der Waals surface area contributed by atoms with E-state index < -0.39 is 5.41 Å². The highest BCUT2D eigenvalue weighted by molar-refractivity contribution is 5.94. The zero-order chi connectivity index (χ0) is 21.8. The van der Waals surface area contributed by atoms with Crippen molar-refractivity contribution in [1.82, 2.24) is 19.9 Å². The number of carbonyl (C=O) groups excluding carboxylic acids is 1. The summed E-state index contributed by atoms with van der Waals surface area (Å²) in [5.74, 6) is 0.592. The van der Waals surface area contributed by atoms with Crippen LogP contribution in [0.5, 0.6) is 0 Å². The van der Waals surface area contributed by atoms with Crippen molar-refractivity contribution in [3.8, 4) is 0 Å². The molecule has 0 aliphatic carbocycles. The predicted octanol–water partition coefficient (Wildman–Crippen LogP) is 4.71. The average molecular weight is 414 g/mol. The van der Waals surface area contributed by atoms with E-state index >= 15 is 0 Å². The molecule has 4 aromatic rings. The monoisotopic (exact) mass is 413 g/mol. The molecule has 0 fully saturated rings. The van der Waals surface area contributed by atoms with Crippen molar-refractivity contribution in [3.63, 3.8) is 0 Å². The van der Waals surface area contributed by atoms with Gasteiger partial charge in [-0.3, -0.25) is 9.78 Å². The summed E-state index contributed by atoms with van der Waals surface area (Å²) in [4.78, 5) is 28.9. The normalized spacial score (nSPS) is 11.6. The quantitative estimate of drug-likeness (QED) is 0.479. The summed E-state index contributed by atoms with van der Waals surface area (Å²) in [6.07, 6.45) is 9.80. The fourth-order valence-electron chi connectivity index (χ4n) is 3.40. The molecule has 0 aliphatic rings. The summed E-state index contributed by atoms with van der Waals surface area (Å²) in [6, 6.07) is 12.1. The summed E-state index contributed by atoms with van der Waals surface area (Å²) in [5.41, 5.74) is 4.85. The molecule has 4 heterocycles. The lowest BCUT2D eigenvalue weighted by atomic mass is 9.95. The van der Waals surface area contributed by atoms with Crippen LogP contribution in [0.4, 0.5) is 5.82 Å². The summed E-state index contributed by atoms with van der Waals surface area (Å²) in [7, 11) is 0. The molecule has 0 saturated heterocycles. The number of nitrogens with one attached hydrogen (secondary N) is 2. The van der Waals surface area contributed by atoms with E-state index in [9.17, 15) is 4.79 Å². The molecule has 6 heteroatoms. The molecule has 0 radical (unpaired) electrons. The van der Waals surface area contributed by atoms with E-state index in [1.165, 1.54) is 5.56 Å². The van der Waals surface area contributed by atoms with Gasteiger partial charge >= 0.3 is 0 Å². The molecule has 1 amide bonds. The zero-order valence-corrected chi connectivity index (χ0v) is 18.1. The SMILES string of the molecule is CC(C)(C)C(=O)Nc1ncccc1CCc1ccc(Cc2c[nH]c3ncccc23)cn1. The first-order chi connectivity index (χ1) is 14.9. The van der Waals surface area contributed by atoms with Crippen molar-refractivity contribution in [2.45, 2.75) is 40.0 Å². The van der Waals surface area contributed by atoms with Gasteiger partial charge in [0.15, 0.2) is 0 Å². The van der Waals surface area contributed by atoms with Crippen LogP contribution < -0.4 is 5.32 Å². The van der Waals surface area contributed by atoms with E-state index in [2.05, 4.69) is 43.5 Å². The lowest BCUT2D eigenvalue weighted by Gasteiger charge is -2.18. The van der Waals surface area contributed by atoms with Gasteiger partial charge in [-0.05, 0) is 53.8 Å². The third-order valence-electron chi connectivity index (χ3n) is 5.27. The Morgan fingerprint density at radius 2 is 1.77 bits per heavy atom. The number of aryl methyl sites for hydroxylation is 2. The third-order valence-corrected chi connectivity index (χ3v) is 5.27. The van der Waals surface area contributed by atoms with Gasteiger partial charge in [0.25, 0.3) is 0 Å². The van der Waals surface area contributed by atoms with Gasteiger partial charge in [-0.25, -0.2) is 9.97 Å². The molecule has 4 aromatic heterocycles. The smallest absolute Gasteiger partial charge is 0.230 e. The van der Waals surface area contributed by atoms with Crippen LogP contribution >= 0.6 is 0 Å². The molecular weight excluding hydrogens is 386 g/mol. The van der Waals surface area contributed by atoms with Gasteiger partial charge in [-0.2, -0.15) is 0 Å². The highest BCUT2D eigenvalue weighted by Gasteiger charge is 2.22. The van der Waals surface area contributed by atoms with Gasteiger partial charge in [0, 0.05) is 47.7 Å². The topological polar surface area (TPSA) is 83.6 Å². The maximum atomic E-state index is 12.3. The Morgan fingerprint density at radius 3 is 2.55 bits per heavy atom. The summed E-state index contributed by atoms with van der Waals surface area (Å²) >= 11 is 0. The fraction of sp³-hybridized carbons (Fsp3) is 0.280. The Kier molecular flexibility index (Phi) is 5.80. The van der Waals surface area contributed by atoms with E-state index in [1.807, 2.05) is 51.4 Å². The Bertz CT molecular complexity index is 1190.